The van der Waals surface area contributed by atoms with Crippen LogP contribution in [-0.2, 0) is 0 Å². The predicted octanol–water partition coefficient (Wildman–Crippen LogP) is 2.68. The van der Waals surface area contributed by atoms with Crippen LogP contribution in [0, 0.1) is 9.49 Å². The lowest BCUT2D eigenvalue weighted by atomic mass is 10.2. The van der Waals surface area contributed by atoms with Crippen LogP contribution in [0.2, 0.25) is 0 Å². The van der Waals surface area contributed by atoms with Gasteiger partial charge in [-0.05, 0) is 41.4 Å². The molecule has 1 aromatic rings. The second-order valence-corrected chi connectivity index (χ2v) is 4.89. The van der Waals surface area contributed by atoms with Crippen molar-refractivity contribution in [1.82, 2.24) is 9.97 Å². The van der Waals surface area contributed by atoms with Crippen molar-refractivity contribution in [3.63, 3.8) is 0 Å². The first-order chi connectivity index (χ1) is 6.86. The highest BCUT2D eigenvalue weighted by molar-refractivity contribution is 14.1. The molecule has 0 spiro atoms. The molecule has 0 unspecified atom stereocenters. The summed E-state index contributed by atoms with van der Waals surface area (Å²) in [6.07, 6.45) is 8.94. The van der Waals surface area contributed by atoms with E-state index in [1.165, 1.54) is 25.7 Å². The molecule has 1 heterocycles. The van der Waals surface area contributed by atoms with E-state index in [1.807, 2.05) is 6.20 Å². The third-order valence-electron chi connectivity index (χ3n) is 2.45. The van der Waals surface area contributed by atoms with Gasteiger partial charge in [0.05, 0.1) is 3.57 Å². The molecule has 3 nitrogen and oxygen atoms in total. The number of rotatable bonds is 5. The Balaban J connectivity index is 1.71. The van der Waals surface area contributed by atoms with Gasteiger partial charge in [0.2, 0.25) is 0 Å². The second kappa shape index (κ2) is 4.91. The van der Waals surface area contributed by atoms with E-state index in [2.05, 4.69) is 37.9 Å². The van der Waals surface area contributed by atoms with Gasteiger partial charge in [-0.15, -0.1) is 0 Å². The Kier molecular flexibility index (Phi) is 3.55. The molecule has 0 bridgehead atoms. The summed E-state index contributed by atoms with van der Waals surface area (Å²) in [6.45, 7) is 1.03. The fourth-order valence-corrected chi connectivity index (χ4v) is 1.94. The summed E-state index contributed by atoms with van der Waals surface area (Å²) in [5, 5.41) is 3.34. The number of nitrogens with one attached hydrogen (secondary N) is 1. The lowest BCUT2D eigenvalue weighted by Crippen LogP contribution is -2.05. The Labute approximate surface area is 97.9 Å². The van der Waals surface area contributed by atoms with Crippen LogP contribution in [0.3, 0.4) is 0 Å². The van der Waals surface area contributed by atoms with Gasteiger partial charge >= 0.3 is 0 Å². The molecule has 0 radical (unpaired) electrons. The molecule has 1 aliphatic rings. The molecule has 0 aliphatic heterocycles. The molecule has 1 aromatic heterocycles. The van der Waals surface area contributed by atoms with Gasteiger partial charge < -0.3 is 5.32 Å². The average Bonchev–Trinajstić information content (AvgIpc) is 2.99. The minimum absolute atomic E-state index is 0.969. The maximum absolute atomic E-state index is 4.18. The number of hydrogen-bond acceptors (Lipinski definition) is 3. The van der Waals surface area contributed by atoms with E-state index >= 15 is 0 Å². The number of aromatic nitrogens is 2. The standard InChI is InChI=1S/C10H14IN3/c11-9-6-12-7-14-10(9)13-5-1-2-8-3-4-8/h6-8H,1-5H2,(H,12,13,14). The fourth-order valence-electron chi connectivity index (χ4n) is 1.45. The number of halogens is 1. The van der Waals surface area contributed by atoms with Crippen LogP contribution in [0.5, 0.6) is 0 Å². The highest BCUT2D eigenvalue weighted by Crippen LogP contribution is 2.33. The van der Waals surface area contributed by atoms with Gasteiger partial charge in [0, 0.05) is 12.7 Å². The molecule has 14 heavy (non-hydrogen) atoms. The van der Waals surface area contributed by atoms with Gasteiger partial charge in [-0.3, -0.25) is 0 Å². The molecule has 0 atom stereocenters. The third-order valence-corrected chi connectivity index (χ3v) is 3.24. The normalized spacial score (nSPS) is 15.5. The molecule has 2 rings (SSSR count). The number of hydrogen-bond donors (Lipinski definition) is 1. The minimum Gasteiger partial charge on any atom is -0.369 e. The Bertz CT molecular complexity index is 299. The zero-order valence-corrected chi connectivity index (χ0v) is 10.2. The predicted molar refractivity (Wildman–Crippen MR) is 65.2 cm³/mol. The SMILES string of the molecule is Ic1cncnc1NCCCC1CC1. The molecule has 76 valence electrons. The van der Waals surface area contributed by atoms with Gasteiger partial charge in [0.1, 0.15) is 12.1 Å². The first-order valence-electron chi connectivity index (χ1n) is 5.05. The molecule has 0 saturated heterocycles. The monoisotopic (exact) mass is 303 g/mol. The summed E-state index contributed by atoms with van der Waals surface area (Å²) >= 11 is 2.25. The summed E-state index contributed by atoms with van der Waals surface area (Å²) in [4.78, 5) is 8.13. The average molecular weight is 303 g/mol. The Hall–Kier alpha value is -0.390. The Morgan fingerprint density at radius 2 is 2.36 bits per heavy atom. The molecule has 0 amide bonds. The fraction of sp³-hybridized carbons (Fsp3) is 0.600. The largest absolute Gasteiger partial charge is 0.369 e. The van der Waals surface area contributed by atoms with Crippen LogP contribution < -0.4 is 5.32 Å². The van der Waals surface area contributed by atoms with E-state index in [0.29, 0.717) is 0 Å². The van der Waals surface area contributed by atoms with Crippen molar-refractivity contribution < 1.29 is 0 Å². The Morgan fingerprint density at radius 3 is 3.07 bits per heavy atom. The summed E-state index contributed by atoms with van der Waals surface area (Å²) in [6, 6.07) is 0. The molecular formula is C10H14IN3. The molecule has 1 aliphatic carbocycles. The maximum atomic E-state index is 4.18. The van der Waals surface area contributed by atoms with Crippen LogP contribution in [0.25, 0.3) is 0 Å². The van der Waals surface area contributed by atoms with Crippen molar-refractivity contribution in [2.75, 3.05) is 11.9 Å². The van der Waals surface area contributed by atoms with Crippen LogP contribution >= 0.6 is 22.6 Å². The van der Waals surface area contributed by atoms with Crippen molar-refractivity contribution in [3.8, 4) is 0 Å². The molecule has 1 saturated carbocycles. The maximum Gasteiger partial charge on any atom is 0.142 e. The molecular weight excluding hydrogens is 289 g/mol. The van der Waals surface area contributed by atoms with Crippen LogP contribution in [0.1, 0.15) is 25.7 Å². The number of anilines is 1. The summed E-state index contributed by atoms with van der Waals surface area (Å²) in [5.41, 5.74) is 0. The third kappa shape index (κ3) is 3.08. The van der Waals surface area contributed by atoms with Crippen molar-refractivity contribution in [2.24, 2.45) is 5.92 Å². The zero-order valence-electron chi connectivity index (χ0n) is 8.04. The first-order valence-corrected chi connectivity index (χ1v) is 6.13. The Morgan fingerprint density at radius 1 is 1.50 bits per heavy atom. The summed E-state index contributed by atoms with van der Waals surface area (Å²) < 4.78 is 1.09. The lowest BCUT2D eigenvalue weighted by molar-refractivity contribution is 0.686. The van der Waals surface area contributed by atoms with Crippen molar-refractivity contribution in [2.45, 2.75) is 25.7 Å². The van der Waals surface area contributed by atoms with E-state index in [4.69, 9.17) is 0 Å². The smallest absolute Gasteiger partial charge is 0.142 e. The second-order valence-electron chi connectivity index (χ2n) is 3.73. The quantitative estimate of drug-likeness (QED) is 0.671. The molecule has 1 fully saturated rings. The van der Waals surface area contributed by atoms with Crippen LogP contribution in [-0.4, -0.2) is 16.5 Å². The molecule has 4 heteroatoms. The van der Waals surface area contributed by atoms with Gasteiger partial charge in [0.25, 0.3) is 0 Å². The lowest BCUT2D eigenvalue weighted by Gasteiger charge is -2.05. The van der Waals surface area contributed by atoms with E-state index in [9.17, 15) is 0 Å². The number of nitrogens with zero attached hydrogens (tertiary/aromatic N) is 2. The molecule has 0 aromatic carbocycles. The highest BCUT2D eigenvalue weighted by Gasteiger charge is 2.19. The summed E-state index contributed by atoms with van der Waals surface area (Å²) in [7, 11) is 0. The topological polar surface area (TPSA) is 37.8 Å². The van der Waals surface area contributed by atoms with Crippen molar-refractivity contribution in [3.05, 3.63) is 16.1 Å². The van der Waals surface area contributed by atoms with Gasteiger partial charge in [-0.2, -0.15) is 0 Å². The molecule has 1 N–H and O–H groups in total. The minimum atomic E-state index is 0.969. The van der Waals surface area contributed by atoms with E-state index in [0.717, 1.165) is 21.9 Å². The van der Waals surface area contributed by atoms with Crippen LogP contribution in [0.15, 0.2) is 12.5 Å². The van der Waals surface area contributed by atoms with Crippen LogP contribution in [0.4, 0.5) is 5.82 Å². The highest BCUT2D eigenvalue weighted by atomic mass is 127. The zero-order chi connectivity index (χ0) is 9.80. The van der Waals surface area contributed by atoms with Crippen molar-refractivity contribution in [1.29, 1.82) is 0 Å². The van der Waals surface area contributed by atoms with Crippen molar-refractivity contribution >= 4 is 28.4 Å². The van der Waals surface area contributed by atoms with Gasteiger partial charge in [0.15, 0.2) is 0 Å². The van der Waals surface area contributed by atoms with E-state index < -0.39 is 0 Å². The van der Waals surface area contributed by atoms with E-state index in [-0.39, 0.29) is 0 Å². The van der Waals surface area contributed by atoms with Gasteiger partial charge in [-0.1, -0.05) is 12.8 Å². The van der Waals surface area contributed by atoms with E-state index in [1.54, 1.807) is 6.33 Å². The summed E-state index contributed by atoms with van der Waals surface area (Å²) in [5.74, 6) is 2.00. The first kappa shape index (κ1) is 10.1. The van der Waals surface area contributed by atoms with Gasteiger partial charge in [-0.25, -0.2) is 9.97 Å².